The second-order valence-corrected chi connectivity index (χ2v) is 6.57. The van der Waals surface area contributed by atoms with Crippen molar-refractivity contribution in [1.82, 2.24) is 10.2 Å². The van der Waals surface area contributed by atoms with Gasteiger partial charge in [0, 0.05) is 31.3 Å². The summed E-state index contributed by atoms with van der Waals surface area (Å²) in [5.41, 5.74) is 0.369. The van der Waals surface area contributed by atoms with E-state index < -0.39 is 29.9 Å². The summed E-state index contributed by atoms with van der Waals surface area (Å²) in [6, 6.07) is 0. The summed E-state index contributed by atoms with van der Waals surface area (Å²) >= 11 is 0. The number of rotatable bonds is 10. The van der Waals surface area contributed by atoms with Gasteiger partial charge in [-0.05, 0) is 33.1 Å². The quantitative estimate of drug-likeness (QED) is 0.506. The molecular weight excluding hydrogens is 328 g/mol. The summed E-state index contributed by atoms with van der Waals surface area (Å²) in [5.74, 6) is -2.54. The van der Waals surface area contributed by atoms with Crippen molar-refractivity contribution in [2.45, 2.75) is 57.9 Å². The number of hydrogen-bond acceptors (Lipinski definition) is 4. The van der Waals surface area contributed by atoms with Gasteiger partial charge in [0.2, 0.25) is 11.8 Å². The van der Waals surface area contributed by atoms with Gasteiger partial charge in [-0.3, -0.25) is 19.2 Å². The molecule has 0 aromatic rings. The van der Waals surface area contributed by atoms with E-state index in [-0.39, 0.29) is 25.2 Å². The molecule has 1 atom stereocenters. The zero-order valence-electron chi connectivity index (χ0n) is 14.7. The predicted octanol–water partition coefficient (Wildman–Crippen LogP) is 1.16. The molecule has 0 aliphatic carbocycles. The van der Waals surface area contributed by atoms with E-state index >= 15 is 0 Å². The number of nitrogens with one attached hydrogen (secondary N) is 1. The van der Waals surface area contributed by atoms with Crippen LogP contribution >= 0.6 is 0 Å². The van der Waals surface area contributed by atoms with Crippen LogP contribution in [0.2, 0.25) is 0 Å². The van der Waals surface area contributed by atoms with Crippen LogP contribution in [0.25, 0.3) is 0 Å². The van der Waals surface area contributed by atoms with Crippen molar-refractivity contribution in [3.63, 3.8) is 0 Å². The lowest BCUT2D eigenvalue weighted by atomic mass is 9.85. The number of likely N-dealkylation sites (tertiary alicyclic amines) is 1. The number of nitrogens with zero attached hydrogens (tertiary/aromatic N) is 1. The minimum atomic E-state index is -1.13. The molecule has 1 saturated heterocycles. The molecule has 2 amide bonds. The summed E-state index contributed by atoms with van der Waals surface area (Å²) < 4.78 is 0. The molecule has 1 unspecified atom stereocenters. The van der Waals surface area contributed by atoms with E-state index in [1.165, 1.54) is 0 Å². The van der Waals surface area contributed by atoms with Crippen LogP contribution in [0.4, 0.5) is 0 Å². The van der Waals surface area contributed by atoms with Crippen molar-refractivity contribution in [3.05, 3.63) is 11.6 Å². The van der Waals surface area contributed by atoms with Crippen molar-refractivity contribution in [3.8, 4) is 0 Å². The first kappa shape index (κ1) is 20.7. The molecule has 0 saturated carbocycles. The molecule has 140 valence electrons. The molecule has 1 heterocycles. The molecular formula is C17H26N2O6. The van der Waals surface area contributed by atoms with Gasteiger partial charge in [-0.2, -0.15) is 0 Å². The molecule has 0 spiro atoms. The van der Waals surface area contributed by atoms with Crippen molar-refractivity contribution < 1.29 is 29.4 Å². The number of hydrogen-bond donors (Lipinski definition) is 3. The second-order valence-electron chi connectivity index (χ2n) is 6.57. The van der Waals surface area contributed by atoms with Crippen LogP contribution in [-0.4, -0.2) is 57.5 Å². The summed E-state index contributed by atoms with van der Waals surface area (Å²) in [7, 11) is 0. The molecule has 1 rings (SSSR count). The highest BCUT2D eigenvalue weighted by Gasteiger charge is 2.44. The lowest BCUT2D eigenvalue weighted by molar-refractivity contribution is -0.140. The van der Waals surface area contributed by atoms with Gasteiger partial charge in [0.05, 0.1) is 0 Å². The Kier molecular flexibility index (Phi) is 7.60. The third-order valence-corrected chi connectivity index (χ3v) is 4.42. The van der Waals surface area contributed by atoms with Gasteiger partial charge in [-0.15, -0.1) is 0 Å². The lowest BCUT2D eigenvalue weighted by Gasteiger charge is -2.38. The maximum Gasteiger partial charge on any atom is 0.322 e. The minimum Gasteiger partial charge on any atom is -0.481 e. The number of carbonyl (C=O) groups excluding carboxylic acids is 2. The normalized spacial score (nSPS) is 19.6. The van der Waals surface area contributed by atoms with E-state index in [4.69, 9.17) is 10.2 Å². The number of carboxylic acid groups (broad SMARTS) is 2. The first-order valence-corrected chi connectivity index (χ1v) is 8.30. The summed E-state index contributed by atoms with van der Waals surface area (Å²) in [6.07, 6.45) is 3.28. The second kappa shape index (κ2) is 9.19. The van der Waals surface area contributed by atoms with Crippen LogP contribution in [0.15, 0.2) is 11.6 Å². The molecule has 0 aromatic carbocycles. The van der Waals surface area contributed by atoms with Crippen molar-refractivity contribution in [1.29, 1.82) is 0 Å². The molecule has 8 heteroatoms. The predicted molar refractivity (Wildman–Crippen MR) is 89.9 cm³/mol. The Morgan fingerprint density at radius 3 is 2.36 bits per heavy atom. The first-order chi connectivity index (χ1) is 11.7. The van der Waals surface area contributed by atoms with E-state index in [2.05, 4.69) is 5.32 Å². The molecule has 0 radical (unpaired) electrons. The molecule has 1 fully saturated rings. The third kappa shape index (κ3) is 6.56. The van der Waals surface area contributed by atoms with Crippen LogP contribution < -0.4 is 5.32 Å². The largest absolute Gasteiger partial charge is 0.481 e. The van der Waals surface area contributed by atoms with Crippen LogP contribution in [0.5, 0.6) is 0 Å². The van der Waals surface area contributed by atoms with Gasteiger partial charge in [-0.1, -0.05) is 11.6 Å². The van der Waals surface area contributed by atoms with Gasteiger partial charge in [0.15, 0.2) is 0 Å². The maximum atomic E-state index is 12.3. The van der Waals surface area contributed by atoms with Gasteiger partial charge in [-0.25, -0.2) is 0 Å². The van der Waals surface area contributed by atoms with E-state index in [0.717, 1.165) is 5.57 Å². The highest BCUT2D eigenvalue weighted by molar-refractivity contribution is 5.82. The Balaban J connectivity index is 2.86. The molecule has 1 aliphatic rings. The van der Waals surface area contributed by atoms with Crippen LogP contribution in [0.3, 0.4) is 0 Å². The highest BCUT2D eigenvalue weighted by atomic mass is 16.4. The Labute approximate surface area is 146 Å². The number of aliphatic carboxylic acids is 2. The fourth-order valence-electron chi connectivity index (χ4n) is 3.04. The van der Waals surface area contributed by atoms with Gasteiger partial charge < -0.3 is 20.4 Å². The third-order valence-electron chi connectivity index (χ3n) is 4.42. The average molecular weight is 354 g/mol. The van der Waals surface area contributed by atoms with Gasteiger partial charge >= 0.3 is 11.9 Å². The lowest BCUT2D eigenvalue weighted by Crippen LogP contribution is -2.47. The van der Waals surface area contributed by atoms with E-state index in [0.29, 0.717) is 25.8 Å². The van der Waals surface area contributed by atoms with Crippen LogP contribution in [-0.2, 0) is 19.2 Å². The SMILES string of the molecule is CC(C)=CCN1C(=O)CCC1(CCC(=O)O)CCC(=O)NCC(=O)O. The Morgan fingerprint density at radius 1 is 1.16 bits per heavy atom. The van der Waals surface area contributed by atoms with Gasteiger partial charge in [0.25, 0.3) is 0 Å². The van der Waals surface area contributed by atoms with E-state index in [1.54, 1.807) is 4.90 Å². The molecule has 0 bridgehead atoms. The molecule has 3 N–H and O–H groups in total. The zero-order chi connectivity index (χ0) is 19.0. The fraction of sp³-hybridized carbons (Fsp3) is 0.647. The van der Waals surface area contributed by atoms with Crippen molar-refractivity contribution >= 4 is 23.8 Å². The molecule has 25 heavy (non-hydrogen) atoms. The first-order valence-electron chi connectivity index (χ1n) is 8.30. The van der Waals surface area contributed by atoms with E-state index in [1.807, 2.05) is 19.9 Å². The topological polar surface area (TPSA) is 124 Å². The molecule has 8 nitrogen and oxygen atoms in total. The highest BCUT2D eigenvalue weighted by Crippen LogP contribution is 2.38. The van der Waals surface area contributed by atoms with E-state index in [9.17, 15) is 19.2 Å². The minimum absolute atomic E-state index is 0.0471. The standard InChI is InChI=1S/C17H26N2O6/c1-12(2)6-10-19-14(21)4-8-17(19,9-5-15(22)23)7-3-13(20)18-11-16(24)25/h6H,3-5,7-11H2,1-2H3,(H,18,20)(H,22,23)(H,24,25). The van der Waals surface area contributed by atoms with Crippen LogP contribution in [0.1, 0.15) is 52.4 Å². The number of carbonyl (C=O) groups is 4. The summed E-state index contributed by atoms with van der Waals surface area (Å²) in [4.78, 5) is 47.3. The number of allylic oxidation sites excluding steroid dienone is 1. The molecule has 0 aromatic heterocycles. The van der Waals surface area contributed by atoms with Crippen molar-refractivity contribution in [2.24, 2.45) is 0 Å². The molecule has 1 aliphatic heterocycles. The Morgan fingerprint density at radius 2 is 1.80 bits per heavy atom. The monoisotopic (exact) mass is 354 g/mol. The zero-order valence-corrected chi connectivity index (χ0v) is 14.7. The summed E-state index contributed by atoms with van der Waals surface area (Å²) in [5, 5.41) is 19.9. The number of carboxylic acids is 2. The summed E-state index contributed by atoms with van der Waals surface area (Å²) in [6.45, 7) is 3.76. The van der Waals surface area contributed by atoms with Crippen molar-refractivity contribution in [2.75, 3.05) is 13.1 Å². The fourth-order valence-corrected chi connectivity index (χ4v) is 3.04. The maximum absolute atomic E-state index is 12.3. The number of amides is 2. The Hall–Kier alpha value is -2.38. The van der Waals surface area contributed by atoms with Gasteiger partial charge in [0.1, 0.15) is 6.54 Å². The smallest absolute Gasteiger partial charge is 0.322 e. The average Bonchev–Trinajstić information content (AvgIpc) is 2.83. The van der Waals surface area contributed by atoms with Crippen LogP contribution in [0, 0.1) is 0 Å². The Bertz CT molecular complexity index is 567.